The molecule has 6 nitrogen and oxygen atoms in total. The molecule has 0 saturated heterocycles. The lowest BCUT2D eigenvalue weighted by Gasteiger charge is -2.39. The molecule has 0 fully saturated rings. The Bertz CT molecular complexity index is 519. The van der Waals surface area contributed by atoms with E-state index in [1.807, 2.05) is 0 Å². The van der Waals surface area contributed by atoms with Gasteiger partial charge in [0.05, 0.1) is 13.7 Å². The van der Waals surface area contributed by atoms with Gasteiger partial charge in [0.15, 0.2) is 0 Å². The van der Waals surface area contributed by atoms with E-state index in [2.05, 4.69) is 9.47 Å². The Morgan fingerprint density at radius 1 is 1.32 bits per heavy atom. The minimum atomic E-state index is -5.39. The zero-order valence-electron chi connectivity index (χ0n) is 12.4. The Labute approximate surface area is 125 Å². The van der Waals surface area contributed by atoms with Crippen LogP contribution in [0.1, 0.15) is 20.8 Å². The molecule has 1 N–H and O–H groups in total. The summed E-state index contributed by atoms with van der Waals surface area (Å²) in [5, 5.41) is 18.7. The van der Waals surface area contributed by atoms with Crippen molar-refractivity contribution in [3.63, 3.8) is 0 Å². The summed E-state index contributed by atoms with van der Waals surface area (Å²) in [6.45, 7) is 3.03. The second-order valence-corrected chi connectivity index (χ2v) is 4.81. The smallest absolute Gasteiger partial charge is 0.429 e. The quantitative estimate of drug-likeness (QED) is 0.468. The number of hydrogen-bond donors (Lipinski definition) is 1. The number of carbonyl (C=O) groups is 2. The van der Waals surface area contributed by atoms with Gasteiger partial charge in [0, 0.05) is 5.41 Å². The molecule has 0 aromatic rings. The molecule has 0 spiro atoms. The molecular formula is C13H16F3NO5. The lowest BCUT2D eigenvalue weighted by atomic mass is 9.73. The van der Waals surface area contributed by atoms with E-state index in [4.69, 9.17) is 5.26 Å². The first-order valence-corrected chi connectivity index (χ1v) is 6.06. The minimum Gasteiger partial charge on any atom is -0.467 e. The monoisotopic (exact) mass is 323 g/mol. The molecular weight excluding hydrogens is 307 g/mol. The first-order valence-electron chi connectivity index (χ1n) is 6.06. The zero-order valence-corrected chi connectivity index (χ0v) is 12.4. The summed E-state index contributed by atoms with van der Waals surface area (Å²) < 4.78 is 48.0. The first-order chi connectivity index (χ1) is 9.88. The van der Waals surface area contributed by atoms with Gasteiger partial charge in [-0.25, -0.2) is 9.59 Å². The van der Waals surface area contributed by atoms with Gasteiger partial charge in [-0.3, -0.25) is 0 Å². The van der Waals surface area contributed by atoms with Gasteiger partial charge in [-0.05, 0) is 13.0 Å². The molecule has 0 radical (unpaired) electrons. The first kappa shape index (κ1) is 19.9. The van der Waals surface area contributed by atoms with E-state index in [1.54, 1.807) is 0 Å². The highest BCUT2D eigenvalue weighted by Gasteiger charge is 2.68. The Hall–Kier alpha value is -2.08. The number of methoxy groups -OCH3 is 1. The molecule has 22 heavy (non-hydrogen) atoms. The van der Waals surface area contributed by atoms with Crippen LogP contribution in [-0.2, 0) is 19.1 Å². The number of alkyl halides is 3. The molecule has 0 rings (SSSR count). The number of halogens is 3. The molecule has 0 heterocycles. The summed E-state index contributed by atoms with van der Waals surface area (Å²) in [4.78, 5) is 22.9. The van der Waals surface area contributed by atoms with Gasteiger partial charge in [-0.1, -0.05) is 13.8 Å². The molecule has 0 amide bonds. The topological polar surface area (TPSA) is 96.6 Å². The van der Waals surface area contributed by atoms with Crippen molar-refractivity contribution in [2.24, 2.45) is 5.41 Å². The lowest BCUT2D eigenvalue weighted by molar-refractivity contribution is -0.285. The van der Waals surface area contributed by atoms with Crippen LogP contribution in [0.5, 0.6) is 0 Å². The summed E-state index contributed by atoms with van der Waals surface area (Å²) in [5.41, 5.74) is -7.07. The number of nitrogens with zero attached hydrogens (tertiary/aromatic N) is 1. The molecule has 9 heteroatoms. The summed E-state index contributed by atoms with van der Waals surface area (Å²) in [5.74, 6) is -3.12. The number of ether oxygens (including phenoxy) is 2. The SMILES string of the molecule is CCOC(=O)/C(C#N)=C/C(C)(C)C(O)(C(=O)OC)C(F)(F)F. The standard InChI is InChI=1S/C13H16F3NO5/c1-5-22-9(18)8(7-17)6-11(2,3)12(20,10(19)21-4)13(14,15)16/h6,20H,5H2,1-4H3/b8-6+. The second-order valence-electron chi connectivity index (χ2n) is 4.81. The van der Waals surface area contributed by atoms with E-state index in [-0.39, 0.29) is 6.61 Å². The maximum absolute atomic E-state index is 13.2. The number of hydrogen-bond acceptors (Lipinski definition) is 6. The summed E-state index contributed by atoms with van der Waals surface area (Å²) in [6, 6.07) is 1.38. The van der Waals surface area contributed by atoms with Crippen molar-refractivity contribution in [3.05, 3.63) is 11.6 Å². The molecule has 0 bridgehead atoms. The van der Waals surface area contributed by atoms with Crippen LogP contribution in [0.2, 0.25) is 0 Å². The molecule has 1 atom stereocenters. The Kier molecular flexibility index (Phi) is 6.15. The predicted octanol–water partition coefficient (Wildman–Crippen LogP) is 1.49. The van der Waals surface area contributed by atoms with Crippen LogP contribution in [0.15, 0.2) is 11.6 Å². The summed E-state index contributed by atoms with van der Waals surface area (Å²) in [7, 11) is 0.676. The van der Waals surface area contributed by atoms with Gasteiger partial charge < -0.3 is 14.6 Å². The van der Waals surface area contributed by atoms with E-state index in [9.17, 15) is 27.9 Å². The third-order valence-electron chi connectivity index (χ3n) is 2.94. The van der Waals surface area contributed by atoms with Crippen LogP contribution in [0.3, 0.4) is 0 Å². The number of aliphatic hydroxyl groups is 1. The molecule has 0 aromatic carbocycles. The summed E-state index contributed by atoms with van der Waals surface area (Å²) in [6.07, 6.45) is -4.86. The lowest BCUT2D eigenvalue weighted by Crippen LogP contribution is -2.61. The minimum absolute atomic E-state index is 0.0984. The number of rotatable bonds is 5. The summed E-state index contributed by atoms with van der Waals surface area (Å²) >= 11 is 0. The van der Waals surface area contributed by atoms with Crippen molar-refractivity contribution in [2.75, 3.05) is 13.7 Å². The Morgan fingerprint density at radius 2 is 1.82 bits per heavy atom. The third-order valence-corrected chi connectivity index (χ3v) is 2.94. The third kappa shape index (κ3) is 3.57. The van der Waals surface area contributed by atoms with Crippen molar-refractivity contribution < 1.29 is 37.3 Å². The number of nitriles is 1. The maximum atomic E-state index is 13.2. The van der Waals surface area contributed by atoms with E-state index in [1.165, 1.54) is 13.0 Å². The average Bonchev–Trinajstić information content (AvgIpc) is 2.41. The molecule has 124 valence electrons. The molecule has 1 unspecified atom stereocenters. The zero-order chi connectivity index (χ0) is 17.8. The van der Waals surface area contributed by atoms with E-state index < -0.39 is 34.7 Å². The predicted molar refractivity (Wildman–Crippen MR) is 67.1 cm³/mol. The highest BCUT2D eigenvalue weighted by molar-refractivity contribution is 5.93. The fraction of sp³-hybridized carbons (Fsp3) is 0.615. The van der Waals surface area contributed by atoms with Gasteiger partial charge in [0.1, 0.15) is 11.6 Å². The molecule has 0 aliphatic heterocycles. The van der Waals surface area contributed by atoms with Crippen LogP contribution in [0, 0.1) is 16.7 Å². The van der Waals surface area contributed by atoms with Gasteiger partial charge in [0.25, 0.3) is 5.60 Å². The van der Waals surface area contributed by atoms with Crippen molar-refractivity contribution in [1.29, 1.82) is 5.26 Å². The van der Waals surface area contributed by atoms with E-state index in [0.717, 1.165) is 13.8 Å². The fourth-order valence-corrected chi connectivity index (χ4v) is 1.70. The molecule has 0 saturated carbocycles. The van der Waals surface area contributed by atoms with E-state index in [0.29, 0.717) is 13.2 Å². The Balaban J connectivity index is 6.09. The van der Waals surface area contributed by atoms with Crippen molar-refractivity contribution >= 4 is 11.9 Å². The van der Waals surface area contributed by atoms with Crippen LogP contribution in [-0.4, -0.2) is 42.5 Å². The van der Waals surface area contributed by atoms with E-state index >= 15 is 0 Å². The Morgan fingerprint density at radius 3 is 2.14 bits per heavy atom. The molecule has 0 aliphatic carbocycles. The highest BCUT2D eigenvalue weighted by Crippen LogP contribution is 2.45. The molecule has 0 aliphatic rings. The van der Waals surface area contributed by atoms with Crippen LogP contribution < -0.4 is 0 Å². The van der Waals surface area contributed by atoms with Crippen molar-refractivity contribution in [3.8, 4) is 6.07 Å². The normalized spacial score (nSPS) is 15.5. The van der Waals surface area contributed by atoms with Crippen LogP contribution in [0.4, 0.5) is 13.2 Å². The fourth-order valence-electron chi connectivity index (χ4n) is 1.70. The van der Waals surface area contributed by atoms with Crippen molar-refractivity contribution in [1.82, 2.24) is 0 Å². The number of esters is 2. The number of carbonyl (C=O) groups excluding carboxylic acids is 2. The largest absolute Gasteiger partial charge is 0.467 e. The maximum Gasteiger partial charge on any atom is 0.429 e. The molecule has 0 aromatic heterocycles. The average molecular weight is 323 g/mol. The highest BCUT2D eigenvalue weighted by atomic mass is 19.4. The second kappa shape index (κ2) is 6.79. The van der Waals surface area contributed by atoms with Crippen LogP contribution >= 0.6 is 0 Å². The van der Waals surface area contributed by atoms with Crippen LogP contribution in [0.25, 0.3) is 0 Å². The van der Waals surface area contributed by atoms with Gasteiger partial charge in [-0.2, -0.15) is 18.4 Å². The van der Waals surface area contributed by atoms with Gasteiger partial charge >= 0.3 is 18.1 Å². The van der Waals surface area contributed by atoms with Crippen molar-refractivity contribution in [2.45, 2.75) is 32.5 Å². The van der Waals surface area contributed by atoms with Gasteiger partial charge in [-0.15, -0.1) is 0 Å². The van der Waals surface area contributed by atoms with Gasteiger partial charge in [0.2, 0.25) is 0 Å².